The lowest BCUT2D eigenvalue weighted by molar-refractivity contribution is 0.106. The molecule has 2 aliphatic heterocycles. The molecule has 0 amide bonds. The Kier molecular flexibility index (Phi) is 5.16. The van der Waals surface area contributed by atoms with Gasteiger partial charge in [0.1, 0.15) is 0 Å². The molecule has 0 radical (unpaired) electrons. The molecule has 3 rings (SSSR count). The molecule has 2 aliphatic rings. The molecule has 1 N–H and O–H groups in total. The maximum Gasteiger partial charge on any atom is 0.0641 e. The predicted molar refractivity (Wildman–Crippen MR) is 90.0 cm³/mol. The summed E-state index contributed by atoms with van der Waals surface area (Å²) < 4.78 is 2.01. The first-order chi connectivity index (χ1) is 10.6. The van der Waals surface area contributed by atoms with E-state index in [-0.39, 0.29) is 0 Å². The van der Waals surface area contributed by atoms with Gasteiger partial charge in [0.25, 0.3) is 0 Å². The van der Waals surface area contributed by atoms with Crippen molar-refractivity contribution in [3.63, 3.8) is 0 Å². The molecule has 0 aliphatic carbocycles. The van der Waals surface area contributed by atoms with Crippen molar-refractivity contribution < 1.29 is 0 Å². The Morgan fingerprint density at radius 3 is 2.27 bits per heavy atom. The number of aromatic nitrogens is 2. The van der Waals surface area contributed by atoms with Gasteiger partial charge in [-0.1, -0.05) is 0 Å². The van der Waals surface area contributed by atoms with E-state index in [1.54, 1.807) is 0 Å². The average molecular weight is 305 g/mol. The SMILES string of the molecule is Cc1nn(C)c(C)c1CN1CCN(CC2CCNCC2)CC1. The smallest absolute Gasteiger partial charge is 0.0641 e. The van der Waals surface area contributed by atoms with Crippen LogP contribution in [-0.2, 0) is 13.6 Å². The van der Waals surface area contributed by atoms with E-state index < -0.39 is 0 Å². The topological polar surface area (TPSA) is 36.3 Å². The quantitative estimate of drug-likeness (QED) is 0.905. The first-order valence-electron chi connectivity index (χ1n) is 8.78. The average Bonchev–Trinajstić information content (AvgIpc) is 2.77. The second kappa shape index (κ2) is 7.11. The summed E-state index contributed by atoms with van der Waals surface area (Å²) in [6.45, 7) is 13.9. The maximum absolute atomic E-state index is 4.54. The molecule has 2 saturated heterocycles. The summed E-state index contributed by atoms with van der Waals surface area (Å²) in [5.74, 6) is 0.913. The Morgan fingerprint density at radius 1 is 1.05 bits per heavy atom. The third-order valence-corrected chi connectivity index (χ3v) is 5.48. The van der Waals surface area contributed by atoms with Gasteiger partial charge in [-0.05, 0) is 45.7 Å². The molecule has 2 fully saturated rings. The predicted octanol–water partition coefficient (Wildman–Crippen LogP) is 1.15. The van der Waals surface area contributed by atoms with Crippen molar-refractivity contribution >= 4 is 0 Å². The Balaban J connectivity index is 1.47. The highest BCUT2D eigenvalue weighted by Gasteiger charge is 2.22. The van der Waals surface area contributed by atoms with E-state index >= 15 is 0 Å². The van der Waals surface area contributed by atoms with Crippen molar-refractivity contribution in [3.8, 4) is 0 Å². The molecule has 0 unspecified atom stereocenters. The van der Waals surface area contributed by atoms with E-state index in [0.29, 0.717) is 0 Å². The third kappa shape index (κ3) is 3.70. The summed E-state index contributed by atoms with van der Waals surface area (Å²) in [6.07, 6.45) is 2.71. The van der Waals surface area contributed by atoms with Gasteiger partial charge in [-0.25, -0.2) is 0 Å². The zero-order valence-electron chi connectivity index (χ0n) is 14.4. The van der Waals surface area contributed by atoms with Crippen LogP contribution in [0.15, 0.2) is 0 Å². The number of hydrogen-bond acceptors (Lipinski definition) is 4. The normalized spacial score (nSPS) is 22.3. The molecule has 1 aromatic heterocycles. The Bertz CT molecular complexity index is 481. The van der Waals surface area contributed by atoms with Gasteiger partial charge in [0.2, 0.25) is 0 Å². The fourth-order valence-corrected chi connectivity index (χ4v) is 3.83. The van der Waals surface area contributed by atoms with E-state index in [0.717, 1.165) is 12.5 Å². The zero-order valence-corrected chi connectivity index (χ0v) is 14.4. The lowest BCUT2D eigenvalue weighted by atomic mass is 9.97. The second-order valence-electron chi connectivity index (χ2n) is 7.04. The van der Waals surface area contributed by atoms with E-state index in [9.17, 15) is 0 Å². The van der Waals surface area contributed by atoms with Gasteiger partial charge in [-0.2, -0.15) is 5.10 Å². The fraction of sp³-hybridized carbons (Fsp3) is 0.824. The maximum atomic E-state index is 4.54. The number of piperidine rings is 1. The highest BCUT2D eigenvalue weighted by Crippen LogP contribution is 2.18. The molecular weight excluding hydrogens is 274 g/mol. The molecule has 0 atom stereocenters. The Morgan fingerprint density at radius 2 is 1.68 bits per heavy atom. The van der Waals surface area contributed by atoms with Crippen LogP contribution in [0.3, 0.4) is 0 Å². The van der Waals surface area contributed by atoms with Crippen LogP contribution < -0.4 is 5.32 Å². The Hall–Kier alpha value is -0.910. The number of rotatable bonds is 4. The number of piperazine rings is 1. The van der Waals surface area contributed by atoms with Crippen LogP contribution in [0.1, 0.15) is 29.8 Å². The summed E-state index contributed by atoms with van der Waals surface area (Å²) in [5.41, 5.74) is 3.93. The summed E-state index contributed by atoms with van der Waals surface area (Å²) in [5, 5.41) is 8.01. The zero-order chi connectivity index (χ0) is 15.5. The summed E-state index contributed by atoms with van der Waals surface area (Å²) in [6, 6.07) is 0. The van der Waals surface area contributed by atoms with Crippen LogP contribution in [-0.4, -0.2) is 65.4 Å². The van der Waals surface area contributed by atoms with Crippen molar-refractivity contribution in [1.82, 2.24) is 24.9 Å². The minimum absolute atomic E-state index is 0.913. The van der Waals surface area contributed by atoms with E-state index in [1.165, 1.54) is 75.6 Å². The third-order valence-electron chi connectivity index (χ3n) is 5.48. The minimum Gasteiger partial charge on any atom is -0.317 e. The van der Waals surface area contributed by atoms with E-state index in [4.69, 9.17) is 0 Å². The number of nitrogens with one attached hydrogen (secondary N) is 1. The highest BCUT2D eigenvalue weighted by molar-refractivity contribution is 5.24. The van der Waals surface area contributed by atoms with Crippen LogP contribution >= 0.6 is 0 Å². The van der Waals surface area contributed by atoms with Gasteiger partial charge in [0.05, 0.1) is 5.69 Å². The molecule has 0 bridgehead atoms. The molecular formula is C17H31N5. The summed E-state index contributed by atoms with van der Waals surface area (Å²) >= 11 is 0. The first kappa shape index (κ1) is 16.0. The molecule has 124 valence electrons. The lowest BCUT2D eigenvalue weighted by Gasteiger charge is -2.37. The monoisotopic (exact) mass is 305 g/mol. The summed E-state index contributed by atoms with van der Waals surface area (Å²) in [4.78, 5) is 5.27. The highest BCUT2D eigenvalue weighted by atomic mass is 15.3. The lowest BCUT2D eigenvalue weighted by Crippen LogP contribution is -2.48. The van der Waals surface area contributed by atoms with Gasteiger partial charge in [0.15, 0.2) is 0 Å². The Labute approximate surface area is 134 Å². The van der Waals surface area contributed by atoms with Gasteiger partial charge in [-0.3, -0.25) is 9.58 Å². The number of hydrogen-bond donors (Lipinski definition) is 1. The van der Waals surface area contributed by atoms with Crippen molar-refractivity contribution in [2.45, 2.75) is 33.2 Å². The first-order valence-corrected chi connectivity index (χ1v) is 8.78. The van der Waals surface area contributed by atoms with Crippen LogP contribution in [0, 0.1) is 19.8 Å². The van der Waals surface area contributed by atoms with E-state index in [2.05, 4.69) is 34.1 Å². The second-order valence-corrected chi connectivity index (χ2v) is 7.04. The van der Waals surface area contributed by atoms with Crippen LogP contribution in [0.4, 0.5) is 0 Å². The minimum atomic E-state index is 0.913. The summed E-state index contributed by atoms with van der Waals surface area (Å²) in [7, 11) is 2.04. The van der Waals surface area contributed by atoms with Gasteiger partial charge < -0.3 is 10.2 Å². The fourth-order valence-electron chi connectivity index (χ4n) is 3.83. The molecule has 5 heteroatoms. The number of aryl methyl sites for hydroxylation is 2. The van der Waals surface area contributed by atoms with Crippen molar-refractivity contribution in [3.05, 3.63) is 17.0 Å². The molecule has 0 spiro atoms. The van der Waals surface area contributed by atoms with Crippen molar-refractivity contribution in [1.29, 1.82) is 0 Å². The van der Waals surface area contributed by atoms with Crippen LogP contribution in [0.2, 0.25) is 0 Å². The largest absolute Gasteiger partial charge is 0.317 e. The molecule has 0 saturated carbocycles. The van der Waals surface area contributed by atoms with Crippen LogP contribution in [0.5, 0.6) is 0 Å². The van der Waals surface area contributed by atoms with Crippen molar-refractivity contribution in [2.24, 2.45) is 13.0 Å². The van der Waals surface area contributed by atoms with Gasteiger partial charge in [0, 0.05) is 57.6 Å². The van der Waals surface area contributed by atoms with Gasteiger partial charge >= 0.3 is 0 Å². The molecule has 1 aromatic rings. The van der Waals surface area contributed by atoms with Crippen molar-refractivity contribution in [2.75, 3.05) is 45.8 Å². The molecule has 0 aromatic carbocycles. The van der Waals surface area contributed by atoms with Gasteiger partial charge in [-0.15, -0.1) is 0 Å². The van der Waals surface area contributed by atoms with E-state index in [1.807, 2.05) is 11.7 Å². The molecule has 5 nitrogen and oxygen atoms in total. The number of nitrogens with zero attached hydrogens (tertiary/aromatic N) is 4. The molecule has 3 heterocycles. The standard InChI is InChI=1S/C17H31N5/c1-14-17(15(2)20(3)19-14)13-22-10-8-21(9-11-22)12-16-4-6-18-7-5-16/h16,18H,4-13H2,1-3H3. The molecule has 22 heavy (non-hydrogen) atoms. The van der Waals surface area contributed by atoms with Crippen LogP contribution in [0.25, 0.3) is 0 Å².